The van der Waals surface area contributed by atoms with Crippen LogP contribution in [0.3, 0.4) is 0 Å². The molecule has 0 bridgehead atoms. The van der Waals surface area contributed by atoms with Gasteiger partial charge in [-0.05, 0) is 69.2 Å². The molecule has 2 atom stereocenters. The molecule has 2 aliphatic heterocycles. The quantitative estimate of drug-likeness (QED) is 0.191. The molecule has 2 unspecified atom stereocenters. The summed E-state index contributed by atoms with van der Waals surface area (Å²) in [5.41, 5.74) is 1.72. The molecule has 4 aromatic rings. The molecule has 272 valence electrons. The van der Waals surface area contributed by atoms with E-state index in [0.29, 0.717) is 73.1 Å². The average Bonchev–Trinajstić information content (AvgIpc) is 3.76. The topological polar surface area (TPSA) is 119 Å². The largest absolute Gasteiger partial charge is 0.508 e. The highest BCUT2D eigenvalue weighted by atomic mass is 19.1. The fourth-order valence-electron chi connectivity index (χ4n) is 8.20. The van der Waals surface area contributed by atoms with E-state index >= 15 is 4.39 Å². The van der Waals surface area contributed by atoms with E-state index in [-0.39, 0.29) is 39.2 Å². The predicted molar refractivity (Wildman–Crippen MR) is 192 cm³/mol. The Morgan fingerprint density at radius 1 is 1.17 bits per heavy atom. The fraction of sp³-hybridized carbons (Fsp3) is 0.436. The third-order valence-electron chi connectivity index (χ3n) is 10.6. The lowest BCUT2D eigenvalue weighted by Gasteiger charge is -2.46. The van der Waals surface area contributed by atoms with E-state index in [4.69, 9.17) is 35.1 Å². The summed E-state index contributed by atoms with van der Waals surface area (Å²) in [6, 6.07) is 6.15. The Balaban J connectivity index is 1.30. The van der Waals surface area contributed by atoms with Gasteiger partial charge in [-0.25, -0.2) is 13.8 Å². The number of phenols is 1. The van der Waals surface area contributed by atoms with Crippen LogP contribution in [-0.4, -0.2) is 83.4 Å². The summed E-state index contributed by atoms with van der Waals surface area (Å²) in [5.74, 6) is 2.21. The molecule has 2 aromatic carbocycles. The summed E-state index contributed by atoms with van der Waals surface area (Å²) in [5, 5.41) is 15.6. The summed E-state index contributed by atoms with van der Waals surface area (Å²) in [7, 11) is 1.43. The van der Waals surface area contributed by atoms with Crippen molar-refractivity contribution in [2.75, 3.05) is 51.5 Å². The van der Waals surface area contributed by atoms with Crippen molar-refractivity contribution in [3.63, 3.8) is 0 Å². The highest BCUT2D eigenvalue weighted by Gasteiger charge is 2.48. The molecule has 0 amide bonds. The van der Waals surface area contributed by atoms with Crippen LogP contribution in [-0.2, 0) is 16.0 Å². The molecule has 11 nitrogen and oxygen atoms in total. The van der Waals surface area contributed by atoms with Gasteiger partial charge in [-0.3, -0.25) is 4.90 Å². The Labute approximate surface area is 300 Å². The van der Waals surface area contributed by atoms with Gasteiger partial charge in [-0.2, -0.15) is 9.97 Å². The van der Waals surface area contributed by atoms with E-state index in [1.807, 2.05) is 4.90 Å². The van der Waals surface area contributed by atoms with Gasteiger partial charge in [0, 0.05) is 59.9 Å². The molecule has 2 saturated heterocycles. The zero-order valence-electron chi connectivity index (χ0n) is 29.4. The van der Waals surface area contributed by atoms with E-state index < -0.39 is 5.82 Å². The first-order valence-corrected chi connectivity index (χ1v) is 17.7. The smallest absolute Gasteiger partial charge is 0.319 e. The molecular formula is C39H42F2N6O5. The number of nitrogens with zero attached hydrogens (tertiary/aromatic N) is 6. The van der Waals surface area contributed by atoms with Gasteiger partial charge in [0.05, 0.1) is 32.1 Å². The molecular weight excluding hydrogens is 670 g/mol. The highest BCUT2D eigenvalue weighted by Crippen LogP contribution is 2.48. The van der Waals surface area contributed by atoms with Crippen molar-refractivity contribution >= 4 is 34.5 Å². The number of hydrogen-bond donors (Lipinski definition) is 1. The third kappa shape index (κ3) is 6.92. The van der Waals surface area contributed by atoms with Crippen molar-refractivity contribution in [3.8, 4) is 24.1 Å². The van der Waals surface area contributed by atoms with Gasteiger partial charge in [0.25, 0.3) is 0 Å². The molecule has 7 rings (SSSR count). The molecule has 3 aliphatic rings. The number of hydrogen-bond acceptors (Lipinski definition) is 11. The SMILES string of the molecule is C#Cc1c(F)ccc2cc(O)cc(/C(C)=N/C(OC)=c3/c(N4CCCOCC4)nc(OCC45CCCC4N(Cc4cnoc4)CCC5)n/c3=C\F)c12. The highest BCUT2D eigenvalue weighted by molar-refractivity contribution is 6.13. The van der Waals surface area contributed by atoms with Crippen LogP contribution in [0.4, 0.5) is 14.6 Å². The zero-order chi connectivity index (χ0) is 36.2. The summed E-state index contributed by atoms with van der Waals surface area (Å²) >= 11 is 0. The van der Waals surface area contributed by atoms with Gasteiger partial charge < -0.3 is 28.7 Å². The van der Waals surface area contributed by atoms with Crippen molar-refractivity contribution in [2.45, 2.75) is 58.0 Å². The van der Waals surface area contributed by atoms with E-state index in [2.05, 4.69) is 21.0 Å². The zero-order valence-corrected chi connectivity index (χ0v) is 29.4. The standard InChI is InChI=1S/C39H42F2N6O5/c1-4-29-31(41)10-9-27-18-28(48)19-30(34(27)29)25(2)43-37(49-3)35-32(20-40)44-38(45-36(35)46-14-7-16-50-17-15-46)51-24-39-11-5-8-33(39)47(13-6-12-39)22-26-21-42-52-23-26/h1,9-10,18-21,23,33,48H,5-8,11-17,22,24H2,2-3H3/b32-20-,37-35-,43-25+. The molecule has 0 radical (unpaired) electrons. The first-order chi connectivity index (χ1) is 25.3. The normalized spacial score (nSPS) is 22.2. The van der Waals surface area contributed by atoms with E-state index in [0.717, 1.165) is 57.2 Å². The van der Waals surface area contributed by atoms with Crippen molar-refractivity contribution in [3.05, 3.63) is 69.8 Å². The predicted octanol–water partition coefficient (Wildman–Crippen LogP) is 4.81. The van der Waals surface area contributed by atoms with Crippen LogP contribution in [0.5, 0.6) is 11.8 Å². The Hall–Kier alpha value is -5.06. The fourth-order valence-corrected chi connectivity index (χ4v) is 8.20. The van der Waals surface area contributed by atoms with E-state index in [9.17, 15) is 9.50 Å². The number of fused-ring (bicyclic) bond motifs is 2. The van der Waals surface area contributed by atoms with Gasteiger partial charge in [0.1, 0.15) is 40.5 Å². The summed E-state index contributed by atoms with van der Waals surface area (Å²) in [4.78, 5) is 18.7. The van der Waals surface area contributed by atoms with Crippen LogP contribution in [0.2, 0.25) is 0 Å². The molecule has 1 N–H and O–H groups in total. The van der Waals surface area contributed by atoms with Crippen LogP contribution in [0.15, 0.2) is 46.2 Å². The summed E-state index contributed by atoms with van der Waals surface area (Å²) < 4.78 is 53.0. The number of aromatic nitrogens is 3. The number of ether oxygens (including phenoxy) is 3. The maximum atomic E-state index is 15.0. The Bertz CT molecular complexity index is 2130. The van der Waals surface area contributed by atoms with Gasteiger partial charge in [0.2, 0.25) is 5.88 Å². The lowest BCUT2D eigenvalue weighted by molar-refractivity contribution is -0.00476. The van der Waals surface area contributed by atoms with Crippen LogP contribution in [0.25, 0.3) is 23.0 Å². The lowest BCUT2D eigenvalue weighted by atomic mass is 9.75. The first-order valence-electron chi connectivity index (χ1n) is 17.7. The maximum Gasteiger partial charge on any atom is 0.319 e. The van der Waals surface area contributed by atoms with Crippen molar-refractivity contribution < 1.29 is 32.6 Å². The molecule has 13 heteroatoms. The number of phenolic OH excluding ortho intramolecular Hbond substituents is 1. The number of anilines is 1. The maximum absolute atomic E-state index is 15.0. The minimum absolute atomic E-state index is 0.0226. The van der Waals surface area contributed by atoms with Crippen molar-refractivity contribution in [2.24, 2.45) is 10.4 Å². The molecule has 0 spiro atoms. The van der Waals surface area contributed by atoms with Crippen molar-refractivity contribution in [1.29, 1.82) is 0 Å². The van der Waals surface area contributed by atoms with Crippen LogP contribution >= 0.6 is 0 Å². The van der Waals surface area contributed by atoms with Crippen LogP contribution in [0.1, 0.15) is 62.1 Å². The lowest BCUT2D eigenvalue weighted by Crippen LogP contribution is -2.51. The van der Waals surface area contributed by atoms with Gasteiger partial charge in [0.15, 0.2) is 0 Å². The minimum atomic E-state index is -0.575. The first kappa shape index (κ1) is 35.3. The minimum Gasteiger partial charge on any atom is -0.508 e. The number of terminal acetylenes is 1. The Morgan fingerprint density at radius 2 is 2.04 bits per heavy atom. The number of benzene rings is 2. The van der Waals surface area contributed by atoms with E-state index in [1.165, 1.54) is 25.3 Å². The number of piperidine rings is 1. The van der Waals surface area contributed by atoms with Crippen LogP contribution < -0.4 is 20.2 Å². The second kappa shape index (κ2) is 15.3. The molecule has 2 aromatic heterocycles. The Morgan fingerprint density at radius 3 is 2.83 bits per heavy atom. The van der Waals surface area contributed by atoms with Crippen LogP contribution in [0, 0.1) is 23.6 Å². The number of likely N-dealkylation sites (tertiary alicyclic amines) is 1. The number of methoxy groups -OCH3 is 1. The Kier molecular flexibility index (Phi) is 10.4. The third-order valence-corrected chi connectivity index (χ3v) is 10.6. The van der Waals surface area contributed by atoms with E-state index in [1.54, 1.807) is 25.5 Å². The van der Waals surface area contributed by atoms with Gasteiger partial charge in [-0.1, -0.05) is 23.6 Å². The monoisotopic (exact) mass is 712 g/mol. The second-order valence-corrected chi connectivity index (χ2v) is 13.7. The molecule has 1 aliphatic carbocycles. The van der Waals surface area contributed by atoms with Crippen molar-refractivity contribution in [1.82, 2.24) is 20.0 Å². The average molecular weight is 713 g/mol. The number of aromatic hydroxyl groups is 1. The number of rotatable bonds is 9. The second-order valence-electron chi connectivity index (χ2n) is 13.7. The number of aliphatic imine (C=N–C) groups is 1. The molecule has 1 saturated carbocycles. The molecule has 3 fully saturated rings. The number of halogens is 2. The van der Waals surface area contributed by atoms with Gasteiger partial charge in [-0.15, -0.1) is 6.42 Å². The molecule has 4 heterocycles. The van der Waals surface area contributed by atoms with Gasteiger partial charge >= 0.3 is 6.01 Å². The summed E-state index contributed by atoms with van der Waals surface area (Å²) in [6.07, 6.45) is 15.5. The molecule has 52 heavy (non-hydrogen) atoms. The summed E-state index contributed by atoms with van der Waals surface area (Å²) in [6.45, 7) is 5.91.